The molecule has 1 fully saturated rings. The summed E-state index contributed by atoms with van der Waals surface area (Å²) in [6, 6.07) is 1.63. The van der Waals surface area contributed by atoms with Crippen LogP contribution in [-0.2, 0) is 19.1 Å². The van der Waals surface area contributed by atoms with E-state index in [1.54, 1.807) is 19.9 Å². The minimum Gasteiger partial charge on any atom is -0.459 e. The van der Waals surface area contributed by atoms with Gasteiger partial charge < -0.3 is 15.4 Å². The Morgan fingerprint density at radius 2 is 2.22 bits per heavy atom. The smallest absolute Gasteiger partial charge is 0.397 e. The SMILES string of the molecule is CCOC(=O)C(=O)Nc1cc(C)nn1C1NC(=O)CC(CC)N1. The summed E-state index contributed by atoms with van der Waals surface area (Å²) in [5, 5.41) is 12.7. The number of aromatic nitrogens is 2. The summed E-state index contributed by atoms with van der Waals surface area (Å²) in [4.78, 5) is 35.0. The molecule has 23 heavy (non-hydrogen) atoms. The van der Waals surface area contributed by atoms with Crippen LogP contribution in [0.2, 0.25) is 0 Å². The highest BCUT2D eigenvalue weighted by Crippen LogP contribution is 2.18. The number of aryl methyl sites for hydroxylation is 1. The highest BCUT2D eigenvalue weighted by Gasteiger charge is 2.28. The molecule has 0 spiro atoms. The van der Waals surface area contributed by atoms with Gasteiger partial charge in [0.15, 0.2) is 6.29 Å². The van der Waals surface area contributed by atoms with Gasteiger partial charge in [0.25, 0.3) is 0 Å². The lowest BCUT2D eigenvalue weighted by Gasteiger charge is -2.31. The van der Waals surface area contributed by atoms with Gasteiger partial charge in [-0.3, -0.25) is 14.9 Å². The molecule has 2 unspecified atom stereocenters. The third-order valence-corrected chi connectivity index (χ3v) is 3.42. The first-order chi connectivity index (χ1) is 10.9. The lowest BCUT2D eigenvalue weighted by Crippen LogP contribution is -2.53. The third-order valence-electron chi connectivity index (χ3n) is 3.42. The van der Waals surface area contributed by atoms with Gasteiger partial charge >= 0.3 is 11.9 Å². The fraction of sp³-hybridized carbons (Fsp3) is 0.571. The summed E-state index contributed by atoms with van der Waals surface area (Å²) in [5.74, 6) is -1.65. The number of rotatable bonds is 4. The number of carbonyl (C=O) groups excluding carboxylic acids is 3. The minimum absolute atomic E-state index is 0.0202. The van der Waals surface area contributed by atoms with Crippen molar-refractivity contribution in [1.82, 2.24) is 20.4 Å². The van der Waals surface area contributed by atoms with E-state index < -0.39 is 18.2 Å². The van der Waals surface area contributed by atoms with Crippen molar-refractivity contribution in [2.45, 2.75) is 45.9 Å². The second-order valence-corrected chi connectivity index (χ2v) is 5.24. The van der Waals surface area contributed by atoms with Crippen molar-refractivity contribution in [1.29, 1.82) is 0 Å². The average molecular weight is 323 g/mol. The van der Waals surface area contributed by atoms with Crippen molar-refractivity contribution in [3.05, 3.63) is 11.8 Å². The molecule has 0 aromatic carbocycles. The summed E-state index contributed by atoms with van der Waals surface area (Å²) in [5.41, 5.74) is 0.638. The van der Waals surface area contributed by atoms with Crippen molar-refractivity contribution in [3.8, 4) is 0 Å². The van der Waals surface area contributed by atoms with Crippen molar-refractivity contribution in [2.24, 2.45) is 0 Å². The van der Waals surface area contributed by atoms with E-state index in [9.17, 15) is 14.4 Å². The van der Waals surface area contributed by atoms with E-state index >= 15 is 0 Å². The molecule has 126 valence electrons. The lowest BCUT2D eigenvalue weighted by molar-refractivity contribution is -0.152. The molecule has 2 amide bonds. The van der Waals surface area contributed by atoms with Gasteiger partial charge in [0.2, 0.25) is 5.91 Å². The van der Waals surface area contributed by atoms with Gasteiger partial charge in [0.1, 0.15) is 5.82 Å². The van der Waals surface area contributed by atoms with Crippen LogP contribution < -0.4 is 16.0 Å². The van der Waals surface area contributed by atoms with E-state index in [0.29, 0.717) is 17.9 Å². The monoisotopic (exact) mass is 323 g/mol. The molecule has 2 rings (SSSR count). The maximum atomic E-state index is 11.8. The van der Waals surface area contributed by atoms with Gasteiger partial charge in [-0.05, 0) is 20.3 Å². The van der Waals surface area contributed by atoms with Gasteiger partial charge in [-0.1, -0.05) is 6.92 Å². The van der Waals surface area contributed by atoms with Gasteiger partial charge in [0, 0.05) is 18.5 Å². The van der Waals surface area contributed by atoms with E-state index in [2.05, 4.69) is 25.8 Å². The van der Waals surface area contributed by atoms with Crippen molar-refractivity contribution >= 4 is 23.6 Å². The quantitative estimate of drug-likeness (QED) is 0.532. The number of anilines is 1. The number of nitrogens with one attached hydrogen (secondary N) is 3. The average Bonchev–Trinajstić information content (AvgIpc) is 2.87. The Morgan fingerprint density at radius 3 is 2.87 bits per heavy atom. The summed E-state index contributed by atoms with van der Waals surface area (Å²) in [6.07, 6.45) is 0.583. The topological polar surface area (TPSA) is 114 Å². The van der Waals surface area contributed by atoms with Crippen molar-refractivity contribution in [3.63, 3.8) is 0 Å². The zero-order valence-electron chi connectivity index (χ0n) is 13.4. The van der Waals surface area contributed by atoms with Crippen LogP contribution in [0.25, 0.3) is 0 Å². The molecule has 0 aliphatic carbocycles. The number of hydrogen-bond acceptors (Lipinski definition) is 6. The molecule has 1 aromatic heterocycles. The predicted octanol–water partition coefficient (Wildman–Crippen LogP) is 0.0373. The second kappa shape index (κ2) is 7.23. The van der Waals surface area contributed by atoms with Crippen LogP contribution in [0.15, 0.2) is 6.07 Å². The summed E-state index contributed by atoms with van der Waals surface area (Å²) in [6.45, 7) is 5.46. The maximum absolute atomic E-state index is 11.8. The number of nitrogens with zero attached hydrogens (tertiary/aromatic N) is 2. The first kappa shape index (κ1) is 16.9. The Morgan fingerprint density at radius 1 is 1.48 bits per heavy atom. The molecule has 2 atom stereocenters. The minimum atomic E-state index is -0.968. The molecular weight excluding hydrogens is 302 g/mol. The fourth-order valence-corrected chi connectivity index (χ4v) is 2.32. The molecule has 9 heteroatoms. The number of amides is 2. The molecule has 3 N–H and O–H groups in total. The molecular formula is C14H21N5O4. The molecule has 0 bridgehead atoms. The van der Waals surface area contributed by atoms with Crippen LogP contribution in [0, 0.1) is 6.92 Å². The van der Waals surface area contributed by atoms with E-state index in [1.807, 2.05) is 6.92 Å². The number of carbonyl (C=O) groups is 3. The number of esters is 1. The molecule has 2 heterocycles. The Kier molecular flexibility index (Phi) is 5.32. The van der Waals surface area contributed by atoms with Gasteiger partial charge in [-0.2, -0.15) is 5.10 Å². The molecule has 1 aromatic rings. The lowest BCUT2D eigenvalue weighted by atomic mass is 10.1. The summed E-state index contributed by atoms with van der Waals surface area (Å²) in [7, 11) is 0. The Balaban J connectivity index is 2.18. The Bertz CT molecular complexity index is 612. The zero-order valence-corrected chi connectivity index (χ0v) is 13.4. The normalized spacial score (nSPS) is 20.7. The van der Waals surface area contributed by atoms with Gasteiger partial charge in [-0.25, -0.2) is 9.48 Å². The van der Waals surface area contributed by atoms with E-state index in [4.69, 9.17) is 0 Å². The molecule has 1 aliphatic heterocycles. The van der Waals surface area contributed by atoms with Crippen LogP contribution in [0.1, 0.15) is 38.7 Å². The van der Waals surface area contributed by atoms with Gasteiger partial charge in [-0.15, -0.1) is 0 Å². The molecule has 1 aliphatic rings. The van der Waals surface area contributed by atoms with Crippen LogP contribution in [-0.4, -0.2) is 40.2 Å². The van der Waals surface area contributed by atoms with Crippen LogP contribution in [0.3, 0.4) is 0 Å². The highest BCUT2D eigenvalue weighted by molar-refractivity contribution is 6.37. The highest BCUT2D eigenvalue weighted by atomic mass is 16.5. The predicted molar refractivity (Wildman–Crippen MR) is 81.2 cm³/mol. The summed E-state index contributed by atoms with van der Waals surface area (Å²) >= 11 is 0. The largest absolute Gasteiger partial charge is 0.459 e. The maximum Gasteiger partial charge on any atom is 0.397 e. The number of ether oxygens (including phenoxy) is 1. The van der Waals surface area contributed by atoms with Crippen LogP contribution >= 0.6 is 0 Å². The first-order valence-corrected chi connectivity index (χ1v) is 7.54. The molecule has 0 saturated carbocycles. The first-order valence-electron chi connectivity index (χ1n) is 7.54. The Labute approximate surface area is 133 Å². The Hall–Kier alpha value is -2.42. The molecule has 9 nitrogen and oxygen atoms in total. The molecule has 1 saturated heterocycles. The summed E-state index contributed by atoms with van der Waals surface area (Å²) < 4.78 is 6.09. The fourth-order valence-electron chi connectivity index (χ4n) is 2.32. The second-order valence-electron chi connectivity index (χ2n) is 5.24. The van der Waals surface area contributed by atoms with Crippen LogP contribution in [0.5, 0.6) is 0 Å². The van der Waals surface area contributed by atoms with Crippen LogP contribution in [0.4, 0.5) is 5.82 Å². The van der Waals surface area contributed by atoms with Crippen molar-refractivity contribution in [2.75, 3.05) is 11.9 Å². The van der Waals surface area contributed by atoms with E-state index in [-0.39, 0.29) is 18.6 Å². The molecule has 0 radical (unpaired) electrons. The standard InChI is InChI=1S/C14H21N5O4/c1-4-9-7-11(20)17-14(15-9)19-10(6-8(3)18-19)16-12(21)13(22)23-5-2/h6,9,14-15H,4-5,7H2,1-3H3,(H,16,21)(H,17,20). The zero-order chi connectivity index (χ0) is 17.0. The van der Waals surface area contributed by atoms with Crippen molar-refractivity contribution < 1.29 is 19.1 Å². The third kappa shape index (κ3) is 4.07. The van der Waals surface area contributed by atoms with E-state index in [0.717, 1.165) is 6.42 Å². The van der Waals surface area contributed by atoms with Gasteiger partial charge in [0.05, 0.1) is 12.3 Å². The van der Waals surface area contributed by atoms with E-state index in [1.165, 1.54) is 4.68 Å². The number of hydrogen-bond donors (Lipinski definition) is 3.